The predicted octanol–water partition coefficient (Wildman–Crippen LogP) is 1.82. The van der Waals surface area contributed by atoms with E-state index >= 15 is 0 Å². The van der Waals surface area contributed by atoms with Crippen molar-refractivity contribution in [3.63, 3.8) is 0 Å². The molecule has 1 fully saturated rings. The van der Waals surface area contributed by atoms with Crippen molar-refractivity contribution < 1.29 is 27.2 Å². The summed E-state index contributed by atoms with van der Waals surface area (Å²) < 4.78 is 40.0. The minimum Gasteiger partial charge on any atom is -0.356 e. The van der Waals surface area contributed by atoms with Gasteiger partial charge in [0.1, 0.15) is 5.82 Å². The van der Waals surface area contributed by atoms with Crippen LogP contribution in [0.2, 0.25) is 0 Å². The van der Waals surface area contributed by atoms with Crippen LogP contribution in [-0.2, 0) is 30.8 Å². The molecule has 0 atom stereocenters. The fourth-order valence-corrected chi connectivity index (χ4v) is 4.16. The number of nitrogens with zero attached hydrogens (tertiary/aromatic N) is 1. The van der Waals surface area contributed by atoms with Crippen molar-refractivity contribution in [1.29, 1.82) is 0 Å². The maximum Gasteiger partial charge on any atom is 0.261 e. The number of amides is 3. The van der Waals surface area contributed by atoms with Gasteiger partial charge in [-0.3, -0.25) is 24.0 Å². The smallest absolute Gasteiger partial charge is 0.261 e. The van der Waals surface area contributed by atoms with Crippen LogP contribution in [-0.4, -0.2) is 44.1 Å². The highest BCUT2D eigenvalue weighted by molar-refractivity contribution is 7.92. The van der Waals surface area contributed by atoms with Gasteiger partial charge in [0.15, 0.2) is 0 Å². The molecule has 2 aromatic carbocycles. The highest BCUT2D eigenvalue weighted by Gasteiger charge is 2.27. The summed E-state index contributed by atoms with van der Waals surface area (Å²) in [6.07, 6.45) is 1.09. The van der Waals surface area contributed by atoms with Gasteiger partial charge in [-0.05, 0) is 48.4 Å². The van der Waals surface area contributed by atoms with E-state index in [1.165, 1.54) is 29.2 Å². The molecule has 1 heterocycles. The Morgan fingerprint density at radius 2 is 1.58 bits per heavy atom. The van der Waals surface area contributed by atoms with Crippen molar-refractivity contribution in [1.82, 2.24) is 10.2 Å². The number of carbonyl (C=O) groups is 3. The number of likely N-dealkylation sites (tertiary alicyclic amines) is 1. The van der Waals surface area contributed by atoms with Gasteiger partial charge in [-0.1, -0.05) is 12.1 Å². The average molecular weight is 447 g/mol. The van der Waals surface area contributed by atoms with Crippen molar-refractivity contribution in [2.45, 2.75) is 30.6 Å². The summed E-state index contributed by atoms with van der Waals surface area (Å²) in [6, 6.07) is 10.8. The minimum atomic E-state index is -3.84. The summed E-state index contributed by atoms with van der Waals surface area (Å²) >= 11 is 0. The molecule has 0 aliphatic carbocycles. The number of nitrogens with one attached hydrogen (secondary N) is 2. The van der Waals surface area contributed by atoms with Gasteiger partial charge in [0.25, 0.3) is 10.0 Å². The number of halogens is 1. The Morgan fingerprint density at radius 3 is 2.19 bits per heavy atom. The molecule has 0 spiro atoms. The lowest BCUT2D eigenvalue weighted by Crippen LogP contribution is -2.33. The van der Waals surface area contributed by atoms with Gasteiger partial charge in [0.05, 0.1) is 11.3 Å². The first kappa shape index (κ1) is 22.4. The molecule has 8 nitrogen and oxygen atoms in total. The van der Waals surface area contributed by atoms with Crippen LogP contribution in [0.3, 0.4) is 0 Å². The van der Waals surface area contributed by atoms with Crippen LogP contribution in [0.25, 0.3) is 0 Å². The number of sulfonamides is 1. The summed E-state index contributed by atoms with van der Waals surface area (Å²) in [4.78, 5) is 36.3. The molecule has 0 unspecified atom stereocenters. The number of rotatable bonds is 9. The van der Waals surface area contributed by atoms with Crippen molar-refractivity contribution in [2.24, 2.45) is 0 Å². The fourth-order valence-electron chi connectivity index (χ4n) is 3.10. The summed E-state index contributed by atoms with van der Waals surface area (Å²) in [5, 5.41) is 2.73. The minimum absolute atomic E-state index is 0.0605. The summed E-state index contributed by atoms with van der Waals surface area (Å²) in [6.45, 7) is 0.631. The zero-order valence-electron chi connectivity index (χ0n) is 16.6. The number of carbonyl (C=O) groups excluding carboxylic acids is 3. The molecule has 3 amide bonds. The number of imide groups is 1. The van der Waals surface area contributed by atoms with E-state index in [9.17, 15) is 27.2 Å². The summed E-state index contributed by atoms with van der Waals surface area (Å²) in [5.41, 5.74) is 1.00. The van der Waals surface area contributed by atoms with Crippen molar-refractivity contribution >= 4 is 33.4 Å². The molecular weight excluding hydrogens is 425 g/mol. The van der Waals surface area contributed by atoms with Crippen LogP contribution in [0.15, 0.2) is 53.4 Å². The van der Waals surface area contributed by atoms with Gasteiger partial charge in [-0.2, -0.15) is 0 Å². The first-order valence-corrected chi connectivity index (χ1v) is 11.2. The molecule has 2 N–H and O–H groups in total. The van der Waals surface area contributed by atoms with Crippen LogP contribution in [0.1, 0.15) is 24.8 Å². The van der Waals surface area contributed by atoms with Gasteiger partial charge in [0, 0.05) is 31.6 Å². The Hall–Kier alpha value is -3.27. The third-order valence-corrected chi connectivity index (χ3v) is 6.13. The second-order valence-corrected chi connectivity index (χ2v) is 8.76. The van der Waals surface area contributed by atoms with Crippen LogP contribution in [0, 0.1) is 5.82 Å². The van der Waals surface area contributed by atoms with Gasteiger partial charge in [0.2, 0.25) is 17.7 Å². The fraction of sp³-hybridized carbons (Fsp3) is 0.286. The topological polar surface area (TPSA) is 113 Å². The summed E-state index contributed by atoms with van der Waals surface area (Å²) in [7, 11) is -3.84. The van der Waals surface area contributed by atoms with E-state index in [0.29, 0.717) is 30.8 Å². The van der Waals surface area contributed by atoms with Crippen molar-refractivity contribution in [3.05, 3.63) is 59.9 Å². The van der Waals surface area contributed by atoms with Crippen LogP contribution in [0.4, 0.5) is 10.1 Å². The lowest BCUT2D eigenvalue weighted by Gasteiger charge is -2.13. The highest BCUT2D eigenvalue weighted by Crippen LogP contribution is 2.17. The number of benzene rings is 2. The molecule has 1 aliphatic heterocycles. The van der Waals surface area contributed by atoms with E-state index in [4.69, 9.17) is 0 Å². The van der Waals surface area contributed by atoms with E-state index < -0.39 is 15.8 Å². The maximum absolute atomic E-state index is 13.0. The van der Waals surface area contributed by atoms with Crippen LogP contribution in [0.5, 0.6) is 0 Å². The van der Waals surface area contributed by atoms with E-state index in [-0.39, 0.29) is 41.9 Å². The lowest BCUT2D eigenvalue weighted by molar-refractivity contribution is -0.138. The van der Waals surface area contributed by atoms with E-state index in [2.05, 4.69) is 10.0 Å². The third kappa shape index (κ3) is 6.11. The number of anilines is 1. The Morgan fingerprint density at radius 1 is 0.968 bits per heavy atom. The Balaban J connectivity index is 1.45. The molecular formula is C21H22FN3O5S. The molecule has 31 heavy (non-hydrogen) atoms. The highest BCUT2D eigenvalue weighted by atomic mass is 32.2. The van der Waals surface area contributed by atoms with E-state index in [0.717, 1.165) is 12.1 Å². The zero-order chi connectivity index (χ0) is 22.4. The largest absolute Gasteiger partial charge is 0.356 e. The molecule has 0 bridgehead atoms. The monoisotopic (exact) mass is 447 g/mol. The Bertz CT molecular complexity index is 1050. The zero-order valence-corrected chi connectivity index (χ0v) is 17.5. The van der Waals surface area contributed by atoms with Gasteiger partial charge in [-0.15, -0.1) is 0 Å². The second kappa shape index (κ2) is 9.69. The van der Waals surface area contributed by atoms with E-state index in [1.54, 1.807) is 12.1 Å². The van der Waals surface area contributed by atoms with Crippen molar-refractivity contribution in [3.8, 4) is 0 Å². The quantitative estimate of drug-likeness (QED) is 0.450. The van der Waals surface area contributed by atoms with Gasteiger partial charge in [-0.25, -0.2) is 12.8 Å². The number of hydrogen-bond donors (Lipinski definition) is 2. The molecule has 1 saturated heterocycles. The Kier molecular flexibility index (Phi) is 7.01. The molecule has 164 valence electrons. The normalized spacial score (nSPS) is 14.0. The SMILES string of the molecule is O=C(Cc1ccc(NS(=O)(=O)c2ccc(F)cc2)cc1)NCCCN1C(=O)CCC1=O. The molecule has 2 aromatic rings. The van der Waals surface area contributed by atoms with Gasteiger partial charge >= 0.3 is 0 Å². The molecule has 0 aromatic heterocycles. The van der Waals surface area contributed by atoms with Gasteiger partial charge < -0.3 is 5.32 Å². The second-order valence-electron chi connectivity index (χ2n) is 7.08. The molecule has 0 saturated carbocycles. The molecule has 3 rings (SSSR count). The maximum atomic E-state index is 13.0. The predicted molar refractivity (Wildman–Crippen MR) is 111 cm³/mol. The van der Waals surface area contributed by atoms with Crippen LogP contribution >= 0.6 is 0 Å². The van der Waals surface area contributed by atoms with E-state index in [1.807, 2.05) is 0 Å². The molecule has 10 heteroatoms. The summed E-state index contributed by atoms with van der Waals surface area (Å²) in [5.74, 6) is -1.10. The van der Waals surface area contributed by atoms with Crippen molar-refractivity contribution in [2.75, 3.05) is 17.8 Å². The first-order chi connectivity index (χ1) is 14.7. The number of hydrogen-bond acceptors (Lipinski definition) is 5. The molecule has 1 aliphatic rings. The standard InChI is InChI=1S/C21H22FN3O5S/c22-16-4-8-18(9-5-16)31(29,30)24-17-6-2-15(3-7-17)14-19(26)23-12-1-13-25-20(27)10-11-21(25)28/h2-9,24H,1,10-14H2,(H,23,26). The third-order valence-electron chi connectivity index (χ3n) is 4.73. The Labute approximate surface area is 179 Å². The molecule has 0 radical (unpaired) electrons. The average Bonchev–Trinajstić information content (AvgIpc) is 3.04. The first-order valence-electron chi connectivity index (χ1n) is 9.72. The lowest BCUT2D eigenvalue weighted by atomic mass is 10.1. The van der Waals surface area contributed by atoms with Crippen LogP contribution < -0.4 is 10.0 Å².